The first-order valence-corrected chi connectivity index (χ1v) is 6.06. The van der Waals surface area contributed by atoms with Gasteiger partial charge in [-0.2, -0.15) is 0 Å². The lowest BCUT2D eigenvalue weighted by molar-refractivity contribution is -0.141. The van der Waals surface area contributed by atoms with Gasteiger partial charge in [-0.25, -0.2) is 0 Å². The molecule has 0 atom stereocenters. The Morgan fingerprint density at radius 3 is 2.37 bits per heavy atom. The van der Waals surface area contributed by atoms with Crippen LogP contribution in [-0.2, 0) is 14.3 Å². The molecule has 0 saturated heterocycles. The van der Waals surface area contributed by atoms with Crippen LogP contribution in [0.25, 0.3) is 0 Å². The maximum absolute atomic E-state index is 11.4. The Bertz CT molecular complexity index is 437. The summed E-state index contributed by atoms with van der Waals surface area (Å²) in [6.45, 7) is 4.14. The number of rotatable bonds is 6. The third-order valence-corrected chi connectivity index (χ3v) is 2.45. The number of aryl methyl sites for hydroxylation is 2. The number of methoxy groups -OCH3 is 1. The van der Waals surface area contributed by atoms with Crippen molar-refractivity contribution in [1.29, 1.82) is 0 Å². The second-order valence-corrected chi connectivity index (χ2v) is 4.27. The van der Waals surface area contributed by atoms with E-state index in [2.05, 4.69) is 16.1 Å². The van der Waals surface area contributed by atoms with Crippen LogP contribution in [0.4, 0.5) is 0 Å². The Balaban J connectivity index is 2.29. The first-order chi connectivity index (χ1) is 9.01. The number of esters is 1. The molecule has 0 aliphatic carbocycles. The molecule has 1 amide bonds. The summed E-state index contributed by atoms with van der Waals surface area (Å²) in [6.07, 6.45) is 0.198. The van der Waals surface area contributed by atoms with Gasteiger partial charge in [0.1, 0.15) is 12.3 Å². The van der Waals surface area contributed by atoms with E-state index in [4.69, 9.17) is 4.74 Å². The molecular formula is C14H19NO4. The predicted molar refractivity (Wildman–Crippen MR) is 71.1 cm³/mol. The topological polar surface area (TPSA) is 64.6 Å². The zero-order chi connectivity index (χ0) is 14.3. The first kappa shape index (κ1) is 15.0. The van der Waals surface area contributed by atoms with Crippen molar-refractivity contribution < 1.29 is 19.1 Å². The molecule has 0 bridgehead atoms. The van der Waals surface area contributed by atoms with Gasteiger partial charge in [-0.3, -0.25) is 9.59 Å². The van der Waals surface area contributed by atoms with Crippen molar-refractivity contribution >= 4 is 11.9 Å². The van der Waals surface area contributed by atoms with Crippen LogP contribution < -0.4 is 10.1 Å². The van der Waals surface area contributed by atoms with E-state index in [1.54, 1.807) is 0 Å². The van der Waals surface area contributed by atoms with Gasteiger partial charge in [0, 0.05) is 0 Å². The van der Waals surface area contributed by atoms with Crippen LogP contribution >= 0.6 is 0 Å². The number of benzene rings is 1. The summed E-state index contributed by atoms with van der Waals surface area (Å²) in [5.74, 6) is 0.0385. The van der Waals surface area contributed by atoms with Gasteiger partial charge in [-0.05, 0) is 37.1 Å². The average Bonchev–Trinajstić information content (AvgIpc) is 2.34. The molecule has 0 spiro atoms. The molecule has 0 fully saturated rings. The number of amides is 1. The Kier molecular flexibility index (Phi) is 5.85. The summed E-state index contributed by atoms with van der Waals surface area (Å²) in [5.41, 5.74) is 2.23. The smallest absolute Gasteiger partial charge is 0.325 e. The van der Waals surface area contributed by atoms with Gasteiger partial charge in [0.05, 0.1) is 20.1 Å². The fourth-order valence-corrected chi connectivity index (χ4v) is 1.61. The van der Waals surface area contributed by atoms with Gasteiger partial charge in [0.2, 0.25) is 5.91 Å². The zero-order valence-corrected chi connectivity index (χ0v) is 11.5. The zero-order valence-electron chi connectivity index (χ0n) is 11.5. The monoisotopic (exact) mass is 265 g/mol. The Labute approximate surface area is 112 Å². The molecular weight excluding hydrogens is 246 g/mol. The van der Waals surface area contributed by atoms with Gasteiger partial charge >= 0.3 is 5.97 Å². The molecule has 104 valence electrons. The predicted octanol–water partition coefficient (Wildman–Crippen LogP) is 1.36. The van der Waals surface area contributed by atoms with Gasteiger partial charge in [-0.15, -0.1) is 0 Å². The van der Waals surface area contributed by atoms with Crippen molar-refractivity contribution in [1.82, 2.24) is 5.32 Å². The Hall–Kier alpha value is -2.04. The van der Waals surface area contributed by atoms with Gasteiger partial charge < -0.3 is 14.8 Å². The fraction of sp³-hybridized carbons (Fsp3) is 0.429. The van der Waals surface area contributed by atoms with Crippen LogP contribution in [0.2, 0.25) is 0 Å². The number of carbonyl (C=O) groups excluding carboxylic acids is 2. The van der Waals surface area contributed by atoms with E-state index in [-0.39, 0.29) is 25.5 Å². The van der Waals surface area contributed by atoms with E-state index >= 15 is 0 Å². The quantitative estimate of drug-likeness (QED) is 0.789. The molecule has 1 aromatic rings. The van der Waals surface area contributed by atoms with Crippen LogP contribution in [0.5, 0.6) is 5.75 Å². The normalized spacial score (nSPS) is 9.84. The lowest BCUT2D eigenvalue weighted by Gasteiger charge is -2.08. The van der Waals surface area contributed by atoms with Crippen molar-refractivity contribution in [2.75, 3.05) is 20.3 Å². The summed E-state index contributed by atoms with van der Waals surface area (Å²) in [5, 5.41) is 2.45. The SMILES string of the molecule is COC(=O)CNC(=O)CCOc1cc(C)cc(C)c1. The van der Waals surface area contributed by atoms with Crippen molar-refractivity contribution in [2.45, 2.75) is 20.3 Å². The maximum atomic E-state index is 11.4. The summed E-state index contributed by atoms with van der Waals surface area (Å²) >= 11 is 0. The maximum Gasteiger partial charge on any atom is 0.325 e. The number of ether oxygens (including phenoxy) is 2. The van der Waals surface area contributed by atoms with Crippen LogP contribution in [0.3, 0.4) is 0 Å². The van der Waals surface area contributed by atoms with Crippen molar-refractivity contribution in [3.8, 4) is 5.75 Å². The summed E-state index contributed by atoms with van der Waals surface area (Å²) in [4.78, 5) is 22.2. The van der Waals surface area contributed by atoms with E-state index in [0.29, 0.717) is 0 Å². The number of nitrogens with one attached hydrogen (secondary N) is 1. The molecule has 0 aliphatic heterocycles. The van der Waals surface area contributed by atoms with Crippen LogP contribution in [-0.4, -0.2) is 32.1 Å². The number of hydrogen-bond acceptors (Lipinski definition) is 4. The molecule has 0 heterocycles. The van der Waals surface area contributed by atoms with Crippen LogP contribution in [0.1, 0.15) is 17.5 Å². The molecule has 5 heteroatoms. The third-order valence-electron chi connectivity index (χ3n) is 2.45. The molecule has 0 aliphatic rings. The molecule has 5 nitrogen and oxygen atoms in total. The second kappa shape index (κ2) is 7.41. The molecule has 0 aromatic heterocycles. The number of hydrogen-bond donors (Lipinski definition) is 1. The average molecular weight is 265 g/mol. The minimum absolute atomic E-state index is 0.112. The van der Waals surface area contributed by atoms with Crippen molar-refractivity contribution in [3.63, 3.8) is 0 Å². The first-order valence-electron chi connectivity index (χ1n) is 6.06. The molecule has 1 aromatic carbocycles. The second-order valence-electron chi connectivity index (χ2n) is 4.27. The largest absolute Gasteiger partial charge is 0.493 e. The lowest BCUT2D eigenvalue weighted by Crippen LogP contribution is -2.30. The molecule has 0 saturated carbocycles. The highest BCUT2D eigenvalue weighted by atomic mass is 16.5. The lowest BCUT2D eigenvalue weighted by atomic mass is 10.1. The van der Waals surface area contributed by atoms with E-state index < -0.39 is 5.97 Å². The number of carbonyl (C=O) groups is 2. The highest BCUT2D eigenvalue weighted by molar-refractivity contribution is 5.81. The van der Waals surface area contributed by atoms with Gasteiger partial charge in [0.25, 0.3) is 0 Å². The molecule has 0 unspecified atom stereocenters. The fourth-order valence-electron chi connectivity index (χ4n) is 1.61. The van der Waals surface area contributed by atoms with E-state index in [1.807, 2.05) is 26.0 Å². The van der Waals surface area contributed by atoms with Gasteiger partial charge in [0.15, 0.2) is 0 Å². The van der Waals surface area contributed by atoms with Crippen molar-refractivity contribution in [2.24, 2.45) is 0 Å². The van der Waals surface area contributed by atoms with Crippen molar-refractivity contribution in [3.05, 3.63) is 29.3 Å². The van der Waals surface area contributed by atoms with E-state index in [0.717, 1.165) is 16.9 Å². The minimum atomic E-state index is -0.469. The summed E-state index contributed by atoms with van der Waals surface area (Å²) < 4.78 is 9.91. The van der Waals surface area contributed by atoms with E-state index in [9.17, 15) is 9.59 Å². The Morgan fingerprint density at radius 1 is 1.16 bits per heavy atom. The van der Waals surface area contributed by atoms with Crippen LogP contribution in [0, 0.1) is 13.8 Å². The molecule has 1 rings (SSSR count). The minimum Gasteiger partial charge on any atom is -0.493 e. The van der Waals surface area contributed by atoms with Gasteiger partial charge in [-0.1, -0.05) is 6.07 Å². The standard InChI is InChI=1S/C14H19NO4/c1-10-6-11(2)8-12(7-10)19-5-4-13(16)15-9-14(17)18-3/h6-8H,4-5,9H2,1-3H3,(H,15,16). The van der Waals surface area contributed by atoms with E-state index in [1.165, 1.54) is 7.11 Å². The summed E-state index contributed by atoms with van der Waals surface area (Å²) in [7, 11) is 1.28. The highest BCUT2D eigenvalue weighted by Gasteiger charge is 2.05. The molecule has 0 radical (unpaired) electrons. The summed E-state index contributed by atoms with van der Waals surface area (Å²) in [6, 6.07) is 5.88. The highest BCUT2D eigenvalue weighted by Crippen LogP contribution is 2.16. The molecule has 1 N–H and O–H groups in total. The van der Waals surface area contributed by atoms with Crippen LogP contribution in [0.15, 0.2) is 18.2 Å². The third kappa shape index (κ3) is 5.90. The Morgan fingerprint density at radius 2 is 1.79 bits per heavy atom. The molecule has 19 heavy (non-hydrogen) atoms.